The largest absolute Gasteiger partial charge is 0.423 e. The molecule has 0 spiro atoms. The number of aromatic nitrogens is 8. The van der Waals surface area contributed by atoms with Crippen molar-refractivity contribution in [1.82, 2.24) is 50.4 Å². The maximum absolute atomic E-state index is 15.1. The summed E-state index contributed by atoms with van der Waals surface area (Å²) in [5.41, 5.74) is 7.62. The lowest BCUT2D eigenvalue weighted by molar-refractivity contribution is 0.220. The van der Waals surface area contributed by atoms with Gasteiger partial charge in [-0.05, 0) is 137 Å². The van der Waals surface area contributed by atoms with E-state index in [4.69, 9.17) is 4.42 Å². The molecule has 296 valence electrons. The molecule has 1 N–H and O–H groups in total. The highest BCUT2D eigenvalue weighted by atomic mass is 19.1. The van der Waals surface area contributed by atoms with E-state index in [-0.39, 0.29) is 11.6 Å². The van der Waals surface area contributed by atoms with Crippen molar-refractivity contribution in [2.45, 2.75) is 58.3 Å². The number of likely N-dealkylation sites (tertiary alicyclic amines) is 1. The third-order valence-electron chi connectivity index (χ3n) is 11.5. The summed E-state index contributed by atoms with van der Waals surface area (Å²) in [6, 6.07) is 15.5. The molecule has 8 aromatic rings. The third-order valence-corrected chi connectivity index (χ3v) is 11.5. The van der Waals surface area contributed by atoms with Crippen LogP contribution in [0.5, 0.6) is 0 Å². The quantitative estimate of drug-likeness (QED) is 0.181. The maximum atomic E-state index is 15.1. The van der Waals surface area contributed by atoms with Gasteiger partial charge in [0.15, 0.2) is 11.7 Å². The molecule has 10 rings (SSSR count). The molecule has 0 saturated carbocycles. The van der Waals surface area contributed by atoms with Crippen LogP contribution in [-0.2, 0) is 7.05 Å². The summed E-state index contributed by atoms with van der Waals surface area (Å²) in [5, 5.41) is 26.3. The number of hydrogen-bond acceptors (Lipinski definition) is 10. The molecule has 2 aliphatic heterocycles. The van der Waals surface area contributed by atoms with Crippen molar-refractivity contribution < 1.29 is 17.6 Å². The van der Waals surface area contributed by atoms with Crippen molar-refractivity contribution in [1.29, 1.82) is 0 Å². The van der Waals surface area contributed by atoms with Crippen molar-refractivity contribution in [3.8, 4) is 22.5 Å². The molecule has 2 aliphatic rings. The molecule has 0 amide bonds. The first-order valence-electron chi connectivity index (χ1n) is 19.9. The summed E-state index contributed by atoms with van der Waals surface area (Å²) in [7, 11) is 1.74. The van der Waals surface area contributed by atoms with E-state index >= 15 is 4.39 Å². The summed E-state index contributed by atoms with van der Waals surface area (Å²) in [6.07, 6.45) is 5.78. The van der Waals surface area contributed by atoms with Crippen LogP contribution in [0.1, 0.15) is 67.2 Å². The fraction of sp³-hybridized carbons (Fsp3) is 0.341. The maximum Gasteiger partial charge on any atom is 0.247 e. The van der Waals surface area contributed by atoms with Gasteiger partial charge in [0.25, 0.3) is 0 Å². The average molecular weight is 785 g/mol. The van der Waals surface area contributed by atoms with Gasteiger partial charge in [0, 0.05) is 53.4 Å². The zero-order valence-electron chi connectivity index (χ0n) is 32.9. The summed E-state index contributed by atoms with van der Waals surface area (Å²) in [4.78, 5) is 11.3. The highest BCUT2D eigenvalue weighted by molar-refractivity contribution is 5.88. The number of aryl methyl sites for hydroxylation is 3. The lowest BCUT2D eigenvalue weighted by Crippen LogP contribution is -2.32. The predicted molar refractivity (Wildman–Crippen MR) is 218 cm³/mol. The third kappa shape index (κ3) is 7.37. The molecule has 7 heterocycles. The van der Waals surface area contributed by atoms with Crippen molar-refractivity contribution in [2.75, 3.05) is 32.7 Å². The van der Waals surface area contributed by atoms with E-state index in [9.17, 15) is 8.78 Å². The van der Waals surface area contributed by atoms with Crippen molar-refractivity contribution in [2.24, 2.45) is 7.05 Å². The second-order valence-electron chi connectivity index (χ2n) is 15.5. The Morgan fingerprint density at radius 1 is 0.707 bits per heavy atom. The van der Waals surface area contributed by atoms with Gasteiger partial charge in [-0.1, -0.05) is 6.92 Å². The van der Waals surface area contributed by atoms with E-state index in [0.717, 1.165) is 80.7 Å². The van der Waals surface area contributed by atoms with E-state index in [2.05, 4.69) is 52.6 Å². The summed E-state index contributed by atoms with van der Waals surface area (Å²) < 4.78 is 51.5. The Kier molecular flexibility index (Phi) is 10.1. The highest BCUT2D eigenvalue weighted by Gasteiger charge is 2.23. The molecule has 3 aromatic carbocycles. The van der Waals surface area contributed by atoms with Crippen molar-refractivity contribution in [3.63, 3.8) is 0 Å². The Morgan fingerprint density at radius 3 is 2.21 bits per heavy atom. The summed E-state index contributed by atoms with van der Waals surface area (Å²) in [5.74, 6) is 0.180. The molecule has 0 bridgehead atoms. The smallest absolute Gasteiger partial charge is 0.247 e. The van der Waals surface area contributed by atoms with E-state index in [1.54, 1.807) is 43.0 Å². The Hall–Kier alpha value is -5.86. The zero-order valence-corrected chi connectivity index (χ0v) is 32.9. The normalized spacial score (nSPS) is 15.8. The Labute approximate surface area is 332 Å². The first-order valence-corrected chi connectivity index (χ1v) is 19.9. The van der Waals surface area contributed by atoms with Crippen LogP contribution in [0.15, 0.2) is 65.2 Å². The number of rotatable bonds is 5. The second kappa shape index (κ2) is 15.5. The van der Waals surface area contributed by atoms with Crippen LogP contribution in [0.3, 0.4) is 0 Å². The number of nitrogens with one attached hydrogen (secondary N) is 1. The van der Waals surface area contributed by atoms with Gasteiger partial charge in [-0.3, -0.25) is 4.68 Å². The number of hydrogen-bond donors (Lipinski definition) is 1. The monoisotopic (exact) mass is 784 g/mol. The molecule has 0 aliphatic carbocycles. The molecule has 2 fully saturated rings. The molecular weight excluding hydrogens is 742 g/mol. The van der Waals surface area contributed by atoms with Gasteiger partial charge in [0.05, 0.1) is 28.1 Å². The van der Waals surface area contributed by atoms with Gasteiger partial charge in [-0.15, -0.1) is 10.2 Å². The fourth-order valence-electron chi connectivity index (χ4n) is 8.34. The molecule has 14 heteroatoms. The van der Waals surface area contributed by atoms with Gasteiger partial charge in [0.1, 0.15) is 22.7 Å². The van der Waals surface area contributed by atoms with Gasteiger partial charge in [0.2, 0.25) is 5.71 Å². The molecule has 0 unspecified atom stereocenters. The topological polar surface area (TPSA) is 124 Å². The predicted octanol–water partition coefficient (Wildman–Crippen LogP) is 8.72. The number of piperidine rings is 2. The Morgan fingerprint density at radius 2 is 1.41 bits per heavy atom. The first-order chi connectivity index (χ1) is 28.1. The molecule has 5 aromatic heterocycles. The molecule has 2 saturated heterocycles. The first kappa shape index (κ1) is 37.7. The van der Waals surface area contributed by atoms with Gasteiger partial charge in [-0.2, -0.15) is 15.3 Å². The number of pyridine rings is 1. The van der Waals surface area contributed by atoms with Crippen LogP contribution in [0.25, 0.3) is 66.5 Å². The van der Waals surface area contributed by atoms with Crippen LogP contribution in [-0.4, -0.2) is 77.8 Å². The number of oxazole rings is 1. The van der Waals surface area contributed by atoms with Gasteiger partial charge in [-0.25, -0.2) is 23.1 Å². The van der Waals surface area contributed by atoms with E-state index in [0.29, 0.717) is 78.7 Å². The standard InChI is InChI=1S/C23H24FN5O.C21H19F2N5/c1-4-29-7-5-15(6-8-29)20-12-17-18(24)10-16(11-21(17)28-27-20)19-9-13(2)22-23(26-19)30-14(3)25-22;1-28-11-15-6-14(8-18(23)21(15)27-28)19-10-16-17(22)7-13(9-20(16)26-25-19)12-2-4-24-5-3-12/h9-12,15H,4-8H2,1-3H3;6-12,24H,2-5H2,1H3. The lowest BCUT2D eigenvalue weighted by atomic mass is 9.89. The molecule has 0 atom stereocenters. The Balaban J connectivity index is 0.000000151. The average Bonchev–Trinajstić information content (AvgIpc) is 3.82. The fourth-order valence-corrected chi connectivity index (χ4v) is 8.34. The molecule has 11 nitrogen and oxygen atoms in total. The van der Waals surface area contributed by atoms with Crippen LogP contribution in [0.4, 0.5) is 13.2 Å². The van der Waals surface area contributed by atoms with Crippen LogP contribution in [0.2, 0.25) is 0 Å². The van der Waals surface area contributed by atoms with Gasteiger partial charge >= 0.3 is 0 Å². The molecular formula is C44H43F3N10O. The van der Waals surface area contributed by atoms with Gasteiger partial charge < -0.3 is 14.6 Å². The van der Waals surface area contributed by atoms with Crippen LogP contribution >= 0.6 is 0 Å². The van der Waals surface area contributed by atoms with E-state index in [1.165, 1.54) is 12.1 Å². The summed E-state index contributed by atoms with van der Waals surface area (Å²) in [6.45, 7) is 11.0. The van der Waals surface area contributed by atoms with Crippen molar-refractivity contribution in [3.05, 3.63) is 101 Å². The molecule has 58 heavy (non-hydrogen) atoms. The lowest BCUT2D eigenvalue weighted by Gasteiger charge is -2.30. The van der Waals surface area contributed by atoms with Crippen LogP contribution in [0, 0.1) is 31.3 Å². The minimum atomic E-state index is -0.434. The summed E-state index contributed by atoms with van der Waals surface area (Å²) >= 11 is 0. The molecule has 0 radical (unpaired) electrons. The van der Waals surface area contributed by atoms with Crippen molar-refractivity contribution >= 4 is 43.9 Å². The van der Waals surface area contributed by atoms with E-state index in [1.807, 2.05) is 31.2 Å². The van der Waals surface area contributed by atoms with E-state index < -0.39 is 5.82 Å². The minimum absolute atomic E-state index is 0.304. The number of nitrogens with zero attached hydrogens (tertiary/aromatic N) is 9. The number of halogens is 3. The number of fused-ring (bicyclic) bond motifs is 4. The minimum Gasteiger partial charge on any atom is -0.423 e. The highest BCUT2D eigenvalue weighted by Crippen LogP contribution is 2.34. The Bertz CT molecular complexity index is 2820. The zero-order chi connectivity index (χ0) is 40.1. The van der Waals surface area contributed by atoms with Crippen LogP contribution < -0.4 is 5.32 Å². The second-order valence-corrected chi connectivity index (χ2v) is 15.5. The number of benzene rings is 3. The SMILES string of the molecule is CCN1CCC(c2cc3c(F)cc(-c4cc(C)c5nc(C)oc5n4)cc3nn2)CC1.Cn1cc2cc(-c3cc4c(F)cc(C5CCNCC5)cc4nn3)cc(F)c2n1.